The third-order valence-corrected chi connectivity index (χ3v) is 4.28. The van der Waals surface area contributed by atoms with E-state index in [9.17, 15) is 9.59 Å². The predicted octanol–water partition coefficient (Wildman–Crippen LogP) is 2.97. The maximum Gasteiger partial charge on any atom is 0.417 e. The van der Waals surface area contributed by atoms with Gasteiger partial charge in [-0.15, -0.1) is 0 Å². The zero-order chi connectivity index (χ0) is 16.5. The number of nitrogens with one attached hydrogen (secondary N) is 2. The van der Waals surface area contributed by atoms with Gasteiger partial charge in [-0.2, -0.15) is 0 Å². The van der Waals surface area contributed by atoms with Crippen molar-refractivity contribution in [3.05, 3.63) is 58.6 Å². The molecule has 1 aliphatic heterocycles. The summed E-state index contributed by atoms with van der Waals surface area (Å²) in [5.41, 5.74) is 3.35. The number of oxazole rings is 1. The molecule has 4 rings (SSSR count). The SMILES string of the molecule is O=C(Nc1ccc2[nH]c(=O)oc2c1)c1ccc(N2CCCC2)cc1. The molecule has 6 nitrogen and oxygen atoms in total. The second kappa shape index (κ2) is 5.88. The Kier molecular flexibility index (Phi) is 3.57. The van der Waals surface area contributed by atoms with Gasteiger partial charge in [-0.05, 0) is 49.2 Å². The minimum absolute atomic E-state index is 0.194. The number of carbonyl (C=O) groups excluding carboxylic acids is 1. The lowest BCUT2D eigenvalue weighted by Crippen LogP contribution is -2.18. The maximum atomic E-state index is 12.4. The molecule has 1 aromatic heterocycles. The van der Waals surface area contributed by atoms with Crippen LogP contribution in [-0.2, 0) is 0 Å². The standard InChI is InChI=1S/C18H17N3O3/c22-17(12-3-6-14(7-4-12)21-9-1-2-10-21)19-13-5-8-15-16(11-13)24-18(23)20-15/h3-8,11H,1-2,9-10H2,(H,19,22)(H,20,23). The molecule has 6 heteroatoms. The van der Waals surface area contributed by atoms with Gasteiger partial charge in [0, 0.05) is 36.1 Å². The van der Waals surface area contributed by atoms with E-state index < -0.39 is 5.76 Å². The molecule has 0 spiro atoms. The van der Waals surface area contributed by atoms with E-state index in [4.69, 9.17) is 4.42 Å². The van der Waals surface area contributed by atoms with E-state index in [1.165, 1.54) is 12.8 Å². The molecule has 0 bridgehead atoms. The van der Waals surface area contributed by atoms with Crippen LogP contribution in [0.25, 0.3) is 11.1 Å². The van der Waals surface area contributed by atoms with E-state index >= 15 is 0 Å². The monoisotopic (exact) mass is 323 g/mol. The van der Waals surface area contributed by atoms with Crippen LogP contribution in [0.3, 0.4) is 0 Å². The zero-order valence-electron chi connectivity index (χ0n) is 13.0. The molecule has 0 atom stereocenters. The van der Waals surface area contributed by atoms with Crippen molar-refractivity contribution in [3.63, 3.8) is 0 Å². The van der Waals surface area contributed by atoms with Crippen LogP contribution in [0.2, 0.25) is 0 Å². The molecule has 3 aromatic rings. The molecular formula is C18H17N3O3. The molecule has 1 amide bonds. The molecule has 0 unspecified atom stereocenters. The van der Waals surface area contributed by atoms with E-state index in [1.54, 1.807) is 18.2 Å². The molecule has 0 radical (unpaired) electrons. The fraction of sp³-hybridized carbons (Fsp3) is 0.222. The molecule has 1 saturated heterocycles. The first-order valence-corrected chi connectivity index (χ1v) is 7.98. The number of aromatic nitrogens is 1. The van der Waals surface area contributed by atoms with Gasteiger partial charge in [-0.25, -0.2) is 4.79 Å². The normalized spacial score (nSPS) is 14.2. The third-order valence-electron chi connectivity index (χ3n) is 4.28. The summed E-state index contributed by atoms with van der Waals surface area (Å²) in [6.07, 6.45) is 2.44. The lowest BCUT2D eigenvalue weighted by Gasteiger charge is -2.17. The van der Waals surface area contributed by atoms with E-state index in [-0.39, 0.29) is 5.91 Å². The number of carbonyl (C=O) groups is 1. The smallest absolute Gasteiger partial charge is 0.408 e. The van der Waals surface area contributed by atoms with Gasteiger partial charge < -0.3 is 14.6 Å². The van der Waals surface area contributed by atoms with Gasteiger partial charge in [-0.1, -0.05) is 0 Å². The Labute approximate surface area is 138 Å². The van der Waals surface area contributed by atoms with Crippen LogP contribution in [0.15, 0.2) is 51.7 Å². The van der Waals surface area contributed by atoms with Crippen LogP contribution in [0, 0.1) is 0 Å². The van der Waals surface area contributed by atoms with Crippen molar-refractivity contribution >= 4 is 28.4 Å². The van der Waals surface area contributed by atoms with Gasteiger partial charge in [0.1, 0.15) is 0 Å². The summed E-state index contributed by atoms with van der Waals surface area (Å²) >= 11 is 0. The summed E-state index contributed by atoms with van der Waals surface area (Å²) in [4.78, 5) is 28.4. The average Bonchev–Trinajstić information content (AvgIpc) is 3.23. The van der Waals surface area contributed by atoms with E-state index in [2.05, 4.69) is 15.2 Å². The van der Waals surface area contributed by atoms with Crippen LogP contribution in [0.1, 0.15) is 23.2 Å². The van der Waals surface area contributed by atoms with Gasteiger partial charge in [0.15, 0.2) is 5.58 Å². The number of aromatic amines is 1. The molecular weight excluding hydrogens is 306 g/mol. The molecule has 0 saturated carbocycles. The van der Waals surface area contributed by atoms with Crippen molar-refractivity contribution in [2.45, 2.75) is 12.8 Å². The Morgan fingerprint density at radius 2 is 1.83 bits per heavy atom. The zero-order valence-corrected chi connectivity index (χ0v) is 13.0. The van der Waals surface area contributed by atoms with Crippen LogP contribution in [0.4, 0.5) is 11.4 Å². The number of rotatable bonds is 3. The molecule has 0 aliphatic carbocycles. The summed E-state index contributed by atoms with van der Waals surface area (Å²) in [5, 5.41) is 2.82. The largest absolute Gasteiger partial charge is 0.417 e. The van der Waals surface area contributed by atoms with Crippen LogP contribution >= 0.6 is 0 Å². The summed E-state index contributed by atoms with van der Waals surface area (Å²) < 4.78 is 5.00. The van der Waals surface area contributed by atoms with Gasteiger partial charge in [0.05, 0.1) is 5.52 Å². The van der Waals surface area contributed by atoms with Crippen molar-refractivity contribution in [2.24, 2.45) is 0 Å². The van der Waals surface area contributed by atoms with Crippen molar-refractivity contribution in [1.82, 2.24) is 4.98 Å². The lowest BCUT2D eigenvalue weighted by atomic mass is 10.1. The minimum Gasteiger partial charge on any atom is -0.408 e. The predicted molar refractivity (Wildman–Crippen MR) is 92.7 cm³/mol. The number of anilines is 2. The Balaban J connectivity index is 1.50. The number of amides is 1. The number of hydrogen-bond donors (Lipinski definition) is 2. The molecule has 1 fully saturated rings. The Bertz CT molecular complexity index is 934. The first kappa shape index (κ1) is 14.6. The van der Waals surface area contributed by atoms with Crippen LogP contribution < -0.4 is 16.0 Å². The Morgan fingerprint density at radius 1 is 1.08 bits per heavy atom. The molecule has 2 N–H and O–H groups in total. The van der Waals surface area contributed by atoms with Crippen molar-refractivity contribution in [2.75, 3.05) is 23.3 Å². The van der Waals surface area contributed by atoms with E-state index in [1.807, 2.05) is 24.3 Å². The fourth-order valence-electron chi connectivity index (χ4n) is 3.03. The highest BCUT2D eigenvalue weighted by atomic mass is 16.4. The lowest BCUT2D eigenvalue weighted by molar-refractivity contribution is 0.102. The van der Waals surface area contributed by atoms with E-state index in [0.717, 1.165) is 18.8 Å². The van der Waals surface area contributed by atoms with Crippen molar-refractivity contribution in [3.8, 4) is 0 Å². The third kappa shape index (κ3) is 2.78. The highest BCUT2D eigenvalue weighted by Crippen LogP contribution is 2.21. The van der Waals surface area contributed by atoms with E-state index in [0.29, 0.717) is 22.4 Å². The van der Waals surface area contributed by atoms with Gasteiger partial charge in [0.25, 0.3) is 5.91 Å². The maximum absolute atomic E-state index is 12.4. The summed E-state index contributed by atoms with van der Waals surface area (Å²) in [6, 6.07) is 12.7. The van der Waals surface area contributed by atoms with Gasteiger partial charge >= 0.3 is 5.76 Å². The Hall–Kier alpha value is -3.02. The number of nitrogens with zero attached hydrogens (tertiary/aromatic N) is 1. The van der Waals surface area contributed by atoms with Crippen molar-refractivity contribution < 1.29 is 9.21 Å². The van der Waals surface area contributed by atoms with Gasteiger partial charge in [-0.3, -0.25) is 9.78 Å². The summed E-state index contributed by atoms with van der Waals surface area (Å²) in [6.45, 7) is 2.15. The highest BCUT2D eigenvalue weighted by molar-refractivity contribution is 6.05. The van der Waals surface area contributed by atoms with Crippen LogP contribution in [0.5, 0.6) is 0 Å². The average molecular weight is 323 g/mol. The summed E-state index contributed by atoms with van der Waals surface area (Å²) in [5.74, 6) is -0.703. The Morgan fingerprint density at radius 3 is 2.58 bits per heavy atom. The molecule has 122 valence electrons. The topological polar surface area (TPSA) is 78.3 Å². The summed E-state index contributed by atoms with van der Waals surface area (Å²) in [7, 11) is 0. The number of fused-ring (bicyclic) bond motifs is 1. The highest BCUT2D eigenvalue weighted by Gasteiger charge is 2.13. The molecule has 2 heterocycles. The number of H-pyrrole nitrogens is 1. The molecule has 2 aromatic carbocycles. The fourth-order valence-corrected chi connectivity index (χ4v) is 3.03. The minimum atomic E-state index is -0.508. The van der Waals surface area contributed by atoms with Crippen molar-refractivity contribution in [1.29, 1.82) is 0 Å². The molecule has 1 aliphatic rings. The van der Waals surface area contributed by atoms with Crippen LogP contribution in [-0.4, -0.2) is 24.0 Å². The first-order valence-electron chi connectivity index (χ1n) is 7.98. The molecule has 24 heavy (non-hydrogen) atoms. The number of hydrogen-bond acceptors (Lipinski definition) is 4. The second-order valence-corrected chi connectivity index (χ2v) is 5.92. The second-order valence-electron chi connectivity index (χ2n) is 5.92. The number of benzene rings is 2. The quantitative estimate of drug-likeness (QED) is 0.777. The first-order chi connectivity index (χ1) is 11.7. The van der Waals surface area contributed by atoms with Gasteiger partial charge in [0.2, 0.25) is 0 Å².